The summed E-state index contributed by atoms with van der Waals surface area (Å²) in [5.74, 6) is -0.824. The van der Waals surface area contributed by atoms with Gasteiger partial charge in [-0.15, -0.1) is 23.1 Å². The zero-order valence-corrected chi connectivity index (χ0v) is 15.4. The molecule has 0 saturated heterocycles. The van der Waals surface area contributed by atoms with Gasteiger partial charge in [-0.25, -0.2) is 4.98 Å². The van der Waals surface area contributed by atoms with Crippen LogP contribution in [0.1, 0.15) is 10.6 Å². The number of hydrogen-bond acceptors (Lipinski definition) is 4. The number of thioether (sulfide) groups is 1. The number of benzene rings is 3. The van der Waals surface area contributed by atoms with Gasteiger partial charge in [0.1, 0.15) is 5.01 Å². The Morgan fingerprint density at radius 1 is 1.04 bits per heavy atom. The van der Waals surface area contributed by atoms with Gasteiger partial charge < -0.3 is 5.11 Å². The standard InChI is InChI=1S/C21H15NO2S2/c23-20(24)13-25-19(21-22-17-7-3-4-8-18(17)26-21)12-14-9-10-15-5-1-2-6-16(15)11-14/h1-12H,13H2,(H,23,24)/b19-12-. The Morgan fingerprint density at radius 3 is 2.62 bits per heavy atom. The molecule has 1 aromatic heterocycles. The first-order valence-corrected chi connectivity index (χ1v) is 9.90. The molecule has 3 nitrogen and oxygen atoms in total. The van der Waals surface area contributed by atoms with Gasteiger partial charge in [0.2, 0.25) is 0 Å². The van der Waals surface area contributed by atoms with Crippen LogP contribution in [0.15, 0.2) is 66.7 Å². The van der Waals surface area contributed by atoms with E-state index in [1.807, 2.05) is 42.5 Å². The molecule has 0 radical (unpaired) electrons. The number of para-hydroxylation sites is 1. The number of carboxylic acid groups (broad SMARTS) is 1. The van der Waals surface area contributed by atoms with E-state index in [1.165, 1.54) is 17.1 Å². The summed E-state index contributed by atoms with van der Waals surface area (Å²) in [4.78, 5) is 16.6. The summed E-state index contributed by atoms with van der Waals surface area (Å²) >= 11 is 2.89. The van der Waals surface area contributed by atoms with Crippen molar-refractivity contribution in [1.29, 1.82) is 0 Å². The van der Waals surface area contributed by atoms with Gasteiger partial charge in [0, 0.05) is 4.91 Å². The van der Waals surface area contributed by atoms with Crippen molar-refractivity contribution < 1.29 is 9.90 Å². The van der Waals surface area contributed by atoms with Crippen LogP contribution in [0.2, 0.25) is 0 Å². The molecule has 0 amide bonds. The largest absolute Gasteiger partial charge is 0.481 e. The highest BCUT2D eigenvalue weighted by molar-refractivity contribution is 8.09. The molecule has 0 atom stereocenters. The van der Waals surface area contributed by atoms with E-state index in [0.29, 0.717) is 0 Å². The molecular weight excluding hydrogens is 362 g/mol. The third kappa shape index (κ3) is 3.64. The molecule has 0 aliphatic carbocycles. The van der Waals surface area contributed by atoms with Crippen molar-refractivity contribution in [2.45, 2.75) is 0 Å². The van der Waals surface area contributed by atoms with Crippen molar-refractivity contribution in [2.75, 3.05) is 5.75 Å². The van der Waals surface area contributed by atoms with Gasteiger partial charge in [0.05, 0.1) is 16.0 Å². The fourth-order valence-corrected chi connectivity index (χ4v) is 4.58. The van der Waals surface area contributed by atoms with Crippen molar-refractivity contribution in [1.82, 2.24) is 4.98 Å². The minimum Gasteiger partial charge on any atom is -0.481 e. The number of nitrogens with zero attached hydrogens (tertiary/aromatic N) is 1. The molecule has 0 aliphatic heterocycles. The number of aliphatic carboxylic acids is 1. The number of thiazole rings is 1. The molecule has 4 rings (SSSR count). The lowest BCUT2D eigenvalue weighted by Crippen LogP contribution is -1.98. The maximum Gasteiger partial charge on any atom is 0.313 e. The Kier molecular flexibility index (Phi) is 4.73. The molecule has 26 heavy (non-hydrogen) atoms. The summed E-state index contributed by atoms with van der Waals surface area (Å²) in [6, 6.07) is 22.4. The first kappa shape index (κ1) is 16.8. The third-order valence-electron chi connectivity index (χ3n) is 3.93. The van der Waals surface area contributed by atoms with Gasteiger partial charge >= 0.3 is 5.97 Å². The summed E-state index contributed by atoms with van der Waals surface area (Å²) in [5, 5.41) is 12.3. The molecule has 0 bridgehead atoms. The molecule has 1 N–H and O–H groups in total. The van der Waals surface area contributed by atoms with Gasteiger partial charge in [-0.2, -0.15) is 0 Å². The van der Waals surface area contributed by atoms with Gasteiger partial charge in [0.25, 0.3) is 0 Å². The first-order chi connectivity index (χ1) is 12.7. The van der Waals surface area contributed by atoms with Crippen LogP contribution >= 0.6 is 23.1 Å². The van der Waals surface area contributed by atoms with E-state index >= 15 is 0 Å². The van der Waals surface area contributed by atoms with Crippen LogP contribution in [-0.4, -0.2) is 21.8 Å². The Balaban J connectivity index is 1.77. The van der Waals surface area contributed by atoms with Crippen LogP contribution in [0.25, 0.3) is 32.0 Å². The van der Waals surface area contributed by atoms with E-state index in [4.69, 9.17) is 5.11 Å². The zero-order valence-electron chi connectivity index (χ0n) is 13.8. The monoisotopic (exact) mass is 377 g/mol. The van der Waals surface area contributed by atoms with Gasteiger partial charge in [0.15, 0.2) is 0 Å². The van der Waals surface area contributed by atoms with Crippen LogP contribution in [0, 0.1) is 0 Å². The minimum absolute atomic E-state index is 0.00927. The van der Waals surface area contributed by atoms with Crippen molar-refractivity contribution >= 4 is 61.0 Å². The highest BCUT2D eigenvalue weighted by Gasteiger charge is 2.12. The molecule has 0 unspecified atom stereocenters. The lowest BCUT2D eigenvalue weighted by atomic mass is 10.1. The van der Waals surface area contributed by atoms with Crippen LogP contribution in [0.5, 0.6) is 0 Å². The summed E-state index contributed by atoms with van der Waals surface area (Å²) < 4.78 is 1.10. The molecule has 0 saturated carbocycles. The van der Waals surface area contributed by atoms with Gasteiger partial charge in [-0.05, 0) is 40.6 Å². The average molecular weight is 377 g/mol. The Hall–Kier alpha value is -2.63. The van der Waals surface area contributed by atoms with Crippen LogP contribution in [0.4, 0.5) is 0 Å². The van der Waals surface area contributed by atoms with Crippen molar-refractivity contribution in [2.24, 2.45) is 0 Å². The topological polar surface area (TPSA) is 50.2 Å². The van der Waals surface area contributed by atoms with Crippen molar-refractivity contribution in [3.8, 4) is 0 Å². The van der Waals surface area contributed by atoms with E-state index in [0.717, 1.165) is 31.1 Å². The summed E-state index contributed by atoms with van der Waals surface area (Å²) in [6.07, 6.45) is 2.03. The predicted octanol–water partition coefficient (Wildman–Crippen LogP) is 5.77. The van der Waals surface area contributed by atoms with Crippen LogP contribution in [0.3, 0.4) is 0 Å². The molecule has 3 aromatic carbocycles. The molecule has 0 fully saturated rings. The van der Waals surface area contributed by atoms with Crippen molar-refractivity contribution in [3.05, 3.63) is 77.3 Å². The van der Waals surface area contributed by atoms with E-state index in [2.05, 4.69) is 35.3 Å². The lowest BCUT2D eigenvalue weighted by Gasteiger charge is -2.04. The smallest absolute Gasteiger partial charge is 0.313 e. The average Bonchev–Trinajstić information content (AvgIpc) is 3.09. The second kappa shape index (κ2) is 7.32. The summed E-state index contributed by atoms with van der Waals surface area (Å²) in [5.41, 5.74) is 1.98. The molecule has 0 spiro atoms. The van der Waals surface area contributed by atoms with E-state index in [1.54, 1.807) is 11.3 Å². The van der Waals surface area contributed by atoms with Crippen molar-refractivity contribution in [3.63, 3.8) is 0 Å². The Morgan fingerprint density at radius 2 is 1.81 bits per heavy atom. The highest BCUT2D eigenvalue weighted by atomic mass is 32.2. The second-order valence-electron chi connectivity index (χ2n) is 5.78. The number of carboxylic acids is 1. The molecule has 5 heteroatoms. The molecule has 128 valence electrons. The fourth-order valence-electron chi connectivity index (χ4n) is 2.73. The number of carbonyl (C=O) groups is 1. The normalized spacial score (nSPS) is 11.9. The zero-order chi connectivity index (χ0) is 17.9. The SMILES string of the molecule is O=C(O)CS/C(=C\c1ccc2ccccc2c1)c1nc2ccccc2s1. The predicted molar refractivity (Wildman–Crippen MR) is 112 cm³/mol. The molecule has 4 aromatic rings. The Labute approximate surface area is 159 Å². The molecule has 0 aliphatic rings. The van der Waals surface area contributed by atoms with Gasteiger partial charge in [-0.3, -0.25) is 4.79 Å². The number of aromatic nitrogens is 1. The lowest BCUT2D eigenvalue weighted by molar-refractivity contribution is -0.133. The van der Waals surface area contributed by atoms with Crippen LogP contribution in [-0.2, 0) is 4.79 Å². The number of rotatable bonds is 5. The van der Waals surface area contributed by atoms with E-state index in [9.17, 15) is 4.79 Å². The fraction of sp³-hybridized carbons (Fsp3) is 0.0476. The van der Waals surface area contributed by atoms with Gasteiger partial charge in [-0.1, -0.05) is 48.5 Å². The van der Waals surface area contributed by atoms with E-state index in [-0.39, 0.29) is 5.75 Å². The number of fused-ring (bicyclic) bond motifs is 2. The highest BCUT2D eigenvalue weighted by Crippen LogP contribution is 2.35. The summed E-state index contributed by atoms with van der Waals surface area (Å²) in [7, 11) is 0. The quantitative estimate of drug-likeness (QED) is 0.480. The van der Waals surface area contributed by atoms with E-state index < -0.39 is 5.97 Å². The Bertz CT molecular complexity index is 1100. The third-order valence-corrected chi connectivity index (χ3v) is 6.14. The van der Waals surface area contributed by atoms with Crippen LogP contribution < -0.4 is 0 Å². The molecular formula is C21H15NO2S2. The number of hydrogen-bond donors (Lipinski definition) is 1. The maximum atomic E-state index is 11.1. The first-order valence-electron chi connectivity index (χ1n) is 8.10. The maximum absolute atomic E-state index is 11.1. The minimum atomic E-state index is -0.833. The molecule has 1 heterocycles. The second-order valence-corrected chi connectivity index (χ2v) is 7.83. The summed E-state index contributed by atoms with van der Waals surface area (Å²) in [6.45, 7) is 0.